The first-order valence-corrected chi connectivity index (χ1v) is 8.29. The van der Waals surface area contributed by atoms with Crippen molar-refractivity contribution in [3.8, 4) is 0 Å². The lowest BCUT2D eigenvalue weighted by Gasteiger charge is -2.25. The maximum absolute atomic E-state index is 9.39. The van der Waals surface area contributed by atoms with Gasteiger partial charge in [-0.2, -0.15) is 0 Å². The highest BCUT2D eigenvalue weighted by Crippen LogP contribution is 2.50. The summed E-state index contributed by atoms with van der Waals surface area (Å²) in [6.07, 6.45) is 5.22. The van der Waals surface area contributed by atoms with E-state index in [0.717, 1.165) is 11.8 Å². The van der Waals surface area contributed by atoms with Gasteiger partial charge in [-0.3, -0.25) is 5.09 Å². The summed E-state index contributed by atoms with van der Waals surface area (Å²) in [7, 11) is 0. The first-order valence-electron chi connectivity index (χ1n) is 4.38. The summed E-state index contributed by atoms with van der Waals surface area (Å²) in [6.45, 7) is 0. The second-order valence-corrected chi connectivity index (χ2v) is 9.43. The van der Waals surface area contributed by atoms with E-state index in [1.54, 1.807) is 0 Å². The van der Waals surface area contributed by atoms with Gasteiger partial charge in [0.15, 0.2) is 5.62 Å². The lowest BCUT2D eigenvalue weighted by atomic mass is 9.96. The van der Waals surface area contributed by atoms with E-state index in [-0.39, 0.29) is 0 Å². The molecule has 2 aliphatic rings. The molecule has 0 aromatic carbocycles. The topological polar surface area (TPSA) is 32.3 Å². The van der Waals surface area contributed by atoms with E-state index in [0.29, 0.717) is 6.04 Å². The van der Waals surface area contributed by atoms with E-state index >= 15 is 0 Å². The standard InChI is InChI=1S/C7H14NOPS2/c9-10(11,12)8-7-4-5-1-2-6(7)3-5/h5-7H,1-4H2,(H3,8,9,11,12). The molecule has 4 unspecified atom stereocenters. The van der Waals surface area contributed by atoms with Gasteiger partial charge in [0.1, 0.15) is 0 Å². The molecule has 2 aliphatic carbocycles. The molecule has 0 saturated heterocycles. The molecule has 2 fully saturated rings. The normalized spacial score (nSPS) is 44.7. The van der Waals surface area contributed by atoms with Gasteiger partial charge >= 0.3 is 0 Å². The van der Waals surface area contributed by atoms with E-state index < -0.39 is 5.62 Å². The Balaban J connectivity index is 1.95. The van der Waals surface area contributed by atoms with Crippen molar-refractivity contribution in [1.82, 2.24) is 5.09 Å². The fourth-order valence-electron chi connectivity index (χ4n) is 2.62. The second kappa shape index (κ2) is 3.25. The zero-order chi connectivity index (χ0) is 8.77. The largest absolute Gasteiger partial charge is 0.346 e. The molecule has 5 heteroatoms. The molecule has 2 saturated carbocycles. The van der Waals surface area contributed by atoms with E-state index in [1.807, 2.05) is 0 Å². The third-order valence-electron chi connectivity index (χ3n) is 3.07. The highest BCUT2D eigenvalue weighted by Gasteiger charge is 2.40. The van der Waals surface area contributed by atoms with Crippen LogP contribution in [0.25, 0.3) is 0 Å². The summed E-state index contributed by atoms with van der Waals surface area (Å²) >= 11 is 8.85. The third kappa shape index (κ3) is 2.05. The van der Waals surface area contributed by atoms with Crippen molar-refractivity contribution < 1.29 is 4.89 Å². The Hall–Kier alpha value is 0.920. The molecule has 0 aromatic heterocycles. The van der Waals surface area contributed by atoms with Crippen molar-refractivity contribution in [2.45, 2.75) is 31.7 Å². The van der Waals surface area contributed by atoms with Crippen LogP contribution >= 0.6 is 17.9 Å². The molecule has 0 aliphatic heterocycles. The van der Waals surface area contributed by atoms with E-state index in [1.165, 1.54) is 25.7 Å². The lowest BCUT2D eigenvalue weighted by Crippen LogP contribution is -2.30. The van der Waals surface area contributed by atoms with Crippen molar-refractivity contribution in [2.75, 3.05) is 0 Å². The third-order valence-corrected chi connectivity index (χ3v) is 4.40. The van der Waals surface area contributed by atoms with Crippen LogP contribution in [-0.4, -0.2) is 10.9 Å². The molecule has 0 heterocycles. The summed E-state index contributed by atoms with van der Waals surface area (Å²) in [5.74, 6) is 1.65. The number of hydrogen-bond donors (Lipinski definition) is 3. The average molecular weight is 223 g/mol. The molecular formula is C7H14NOPS2. The predicted octanol–water partition coefficient (Wildman–Crippen LogP) is 1.91. The molecule has 2 bridgehead atoms. The Morgan fingerprint density at radius 1 is 1.42 bits per heavy atom. The maximum atomic E-state index is 9.39. The maximum Gasteiger partial charge on any atom is 0.180 e. The van der Waals surface area contributed by atoms with Crippen LogP contribution in [0, 0.1) is 11.8 Å². The quantitative estimate of drug-likeness (QED) is 0.494. The van der Waals surface area contributed by atoms with Crippen molar-refractivity contribution in [1.29, 1.82) is 0 Å². The SMILES string of the molecule is OP(=S)(S)NC1CC2CCC1C2. The molecule has 12 heavy (non-hydrogen) atoms. The van der Waals surface area contributed by atoms with Crippen molar-refractivity contribution in [3.63, 3.8) is 0 Å². The number of fused-ring (bicyclic) bond motifs is 2. The monoisotopic (exact) mass is 223 g/mol. The fraction of sp³-hybridized carbons (Fsp3) is 1.00. The first-order chi connectivity index (χ1) is 5.54. The van der Waals surface area contributed by atoms with Crippen LogP contribution in [0.1, 0.15) is 25.7 Å². The molecule has 0 amide bonds. The van der Waals surface area contributed by atoms with Gasteiger partial charge in [-0.05, 0) is 42.9 Å². The Bertz CT molecular complexity index is 229. The van der Waals surface area contributed by atoms with E-state index in [9.17, 15) is 4.89 Å². The van der Waals surface area contributed by atoms with Crippen molar-refractivity contribution in [3.05, 3.63) is 0 Å². The molecule has 2 nitrogen and oxygen atoms in total. The summed E-state index contributed by atoms with van der Waals surface area (Å²) in [6, 6.07) is 0.456. The summed E-state index contributed by atoms with van der Waals surface area (Å²) in [5, 5.41) is 3.10. The van der Waals surface area contributed by atoms with E-state index in [2.05, 4.69) is 17.3 Å². The van der Waals surface area contributed by atoms with Crippen LogP contribution in [0.4, 0.5) is 0 Å². The number of rotatable bonds is 2. The van der Waals surface area contributed by atoms with Crippen LogP contribution in [0.2, 0.25) is 0 Å². The van der Waals surface area contributed by atoms with Gasteiger partial charge in [0.25, 0.3) is 0 Å². The second-order valence-electron chi connectivity index (χ2n) is 3.95. The van der Waals surface area contributed by atoms with Gasteiger partial charge in [0.2, 0.25) is 0 Å². The lowest BCUT2D eigenvalue weighted by molar-refractivity contribution is 0.391. The Morgan fingerprint density at radius 2 is 2.17 bits per heavy atom. The number of thiol groups is 1. The Labute approximate surface area is 83.4 Å². The number of nitrogens with one attached hydrogen (secondary N) is 1. The van der Waals surface area contributed by atoms with Gasteiger partial charge < -0.3 is 4.89 Å². The number of hydrogen-bond acceptors (Lipinski definition) is 1. The summed E-state index contributed by atoms with van der Waals surface area (Å²) < 4.78 is 0. The van der Waals surface area contributed by atoms with Gasteiger partial charge in [0, 0.05) is 6.04 Å². The minimum absolute atomic E-state index is 0.456. The molecule has 4 atom stereocenters. The zero-order valence-corrected chi connectivity index (χ0v) is 9.42. The minimum Gasteiger partial charge on any atom is -0.346 e. The molecule has 0 aromatic rings. The molecular weight excluding hydrogens is 209 g/mol. The molecule has 70 valence electrons. The van der Waals surface area contributed by atoms with Gasteiger partial charge in [-0.25, -0.2) is 0 Å². The Kier molecular flexibility index (Phi) is 2.56. The van der Waals surface area contributed by atoms with Crippen LogP contribution in [-0.2, 0) is 11.8 Å². The molecule has 2 rings (SSSR count). The smallest absolute Gasteiger partial charge is 0.180 e. The average Bonchev–Trinajstić information content (AvgIpc) is 2.42. The van der Waals surface area contributed by atoms with Crippen LogP contribution in [0.5, 0.6) is 0 Å². The van der Waals surface area contributed by atoms with Crippen molar-refractivity contribution in [2.24, 2.45) is 11.8 Å². The van der Waals surface area contributed by atoms with Gasteiger partial charge in [0.05, 0.1) is 0 Å². The van der Waals surface area contributed by atoms with E-state index in [4.69, 9.17) is 11.8 Å². The predicted molar refractivity (Wildman–Crippen MR) is 57.9 cm³/mol. The fourth-order valence-corrected chi connectivity index (χ4v) is 4.22. The van der Waals surface area contributed by atoms with Crippen molar-refractivity contribution >= 4 is 29.7 Å². The highest BCUT2D eigenvalue weighted by molar-refractivity contribution is 8.60. The Morgan fingerprint density at radius 3 is 2.58 bits per heavy atom. The van der Waals surface area contributed by atoms with Crippen LogP contribution < -0.4 is 5.09 Å². The highest BCUT2D eigenvalue weighted by atomic mass is 32.9. The van der Waals surface area contributed by atoms with Gasteiger partial charge in [-0.15, -0.1) is 12.2 Å². The van der Waals surface area contributed by atoms with Crippen LogP contribution in [0.15, 0.2) is 0 Å². The molecule has 0 spiro atoms. The minimum atomic E-state index is -2.47. The summed E-state index contributed by atoms with van der Waals surface area (Å²) in [4.78, 5) is 9.39. The zero-order valence-electron chi connectivity index (χ0n) is 6.81. The molecule has 2 N–H and O–H groups in total. The van der Waals surface area contributed by atoms with Gasteiger partial charge in [-0.1, -0.05) is 6.42 Å². The first kappa shape index (κ1) is 9.47. The molecule has 0 radical (unpaired) electrons. The summed E-state index contributed by atoms with van der Waals surface area (Å²) in [5.41, 5.74) is -2.47. The van der Waals surface area contributed by atoms with Crippen LogP contribution in [0.3, 0.4) is 0 Å².